The van der Waals surface area contributed by atoms with E-state index in [9.17, 15) is 14.4 Å². The van der Waals surface area contributed by atoms with Gasteiger partial charge in [0.2, 0.25) is 0 Å². The highest BCUT2D eigenvalue weighted by molar-refractivity contribution is 5.90. The van der Waals surface area contributed by atoms with Crippen LogP contribution in [0.2, 0.25) is 0 Å². The molecule has 0 aromatic heterocycles. The highest BCUT2D eigenvalue weighted by Crippen LogP contribution is 1.81. The lowest BCUT2D eigenvalue weighted by atomic mass is 10.4. The second-order valence-corrected chi connectivity index (χ2v) is 1.98. The maximum absolute atomic E-state index is 9.61. The van der Waals surface area contributed by atoms with Crippen LogP contribution in [0.5, 0.6) is 0 Å². The lowest BCUT2D eigenvalue weighted by molar-refractivity contribution is -0.132. The fraction of sp³-hybridized carbons (Fsp3) is 0. The second kappa shape index (κ2) is 13.1. The quantitative estimate of drug-likeness (QED) is 0.487. The fourth-order valence-corrected chi connectivity index (χ4v) is 0.0478. The molecule has 0 bridgehead atoms. The highest BCUT2D eigenvalue weighted by atomic mass is 16.4. The molecule has 0 spiro atoms. The fourth-order valence-electron chi connectivity index (χ4n) is 0.0478. The van der Waals surface area contributed by atoms with E-state index in [1.807, 2.05) is 0 Å². The zero-order valence-corrected chi connectivity index (χ0v) is 8.79. The Hall–Kier alpha value is -2.88. The Morgan fingerprint density at radius 1 is 1.00 bits per heavy atom. The molecule has 0 rings (SSSR count). The van der Waals surface area contributed by atoms with Crippen molar-refractivity contribution in [2.24, 2.45) is 0 Å². The van der Waals surface area contributed by atoms with Gasteiger partial charge in [0.05, 0.1) is 0 Å². The monoisotopic (exact) mass is 241 g/mol. The number of carboxylic acids is 3. The van der Waals surface area contributed by atoms with E-state index >= 15 is 0 Å². The van der Waals surface area contributed by atoms with Crippen LogP contribution in [0.15, 0.2) is 37.5 Å². The summed E-state index contributed by atoms with van der Waals surface area (Å²) in [7, 11) is 0. The molecule has 0 atom stereocenters. The van der Waals surface area contributed by atoms with Gasteiger partial charge in [-0.2, -0.15) is 5.26 Å². The Bertz CT molecular complexity index is 345. The van der Waals surface area contributed by atoms with E-state index in [2.05, 4.69) is 19.7 Å². The van der Waals surface area contributed by atoms with Crippen LogP contribution in [-0.2, 0) is 14.4 Å². The Labute approximate surface area is 97.2 Å². The van der Waals surface area contributed by atoms with Crippen molar-refractivity contribution in [3.63, 3.8) is 0 Å². The van der Waals surface area contributed by atoms with Crippen LogP contribution < -0.4 is 0 Å². The first-order chi connectivity index (χ1) is 7.72. The van der Waals surface area contributed by atoms with E-state index in [0.717, 1.165) is 12.2 Å². The number of carboxylic acid groups (broad SMARTS) is 3. The van der Waals surface area contributed by atoms with E-state index < -0.39 is 23.5 Å². The van der Waals surface area contributed by atoms with Crippen LogP contribution in [0.3, 0.4) is 0 Å². The molecule has 0 amide bonds. The normalized spacial score (nSPS) is 6.53. The van der Waals surface area contributed by atoms with Crippen molar-refractivity contribution < 1.29 is 29.7 Å². The van der Waals surface area contributed by atoms with Gasteiger partial charge in [0.25, 0.3) is 0 Å². The predicted octanol–water partition coefficient (Wildman–Crippen LogP) is 0.665. The zero-order valence-electron chi connectivity index (χ0n) is 8.79. The third-order valence-electron chi connectivity index (χ3n) is 0.742. The summed E-state index contributed by atoms with van der Waals surface area (Å²) >= 11 is 0. The second-order valence-electron chi connectivity index (χ2n) is 1.98. The largest absolute Gasteiger partial charge is 0.478 e. The lowest BCUT2D eigenvalue weighted by Crippen LogP contribution is -1.94. The van der Waals surface area contributed by atoms with Crippen molar-refractivity contribution in [3.05, 3.63) is 37.5 Å². The van der Waals surface area contributed by atoms with E-state index in [4.69, 9.17) is 20.6 Å². The molecule has 0 aromatic carbocycles. The van der Waals surface area contributed by atoms with E-state index in [0.29, 0.717) is 0 Å². The van der Waals surface area contributed by atoms with Crippen molar-refractivity contribution in [1.82, 2.24) is 0 Å². The van der Waals surface area contributed by atoms with Gasteiger partial charge in [-0.25, -0.2) is 14.4 Å². The number of nitrogens with zero attached hydrogens (tertiary/aromatic N) is 1. The molecule has 7 nitrogen and oxygen atoms in total. The molecule has 0 radical (unpaired) electrons. The Morgan fingerprint density at radius 3 is 1.24 bits per heavy atom. The van der Waals surface area contributed by atoms with Gasteiger partial charge in [-0.1, -0.05) is 19.7 Å². The molecule has 3 N–H and O–H groups in total. The summed E-state index contributed by atoms with van der Waals surface area (Å²) in [4.78, 5) is 28.1. The van der Waals surface area contributed by atoms with Gasteiger partial charge in [0.15, 0.2) is 0 Å². The summed E-state index contributed by atoms with van der Waals surface area (Å²) in [5.41, 5.74) is -0.431. The summed E-state index contributed by atoms with van der Waals surface area (Å²) in [5.74, 6) is -3.22. The minimum absolute atomic E-state index is 0.431. The van der Waals surface area contributed by atoms with E-state index in [1.54, 1.807) is 0 Å². The molecular formula is C10H11NO6. The molecule has 0 saturated carbocycles. The zero-order chi connectivity index (χ0) is 14.4. The minimum Gasteiger partial charge on any atom is -0.478 e. The average Bonchev–Trinajstić information content (AvgIpc) is 2.29. The molecule has 17 heavy (non-hydrogen) atoms. The molecule has 0 aromatic rings. The average molecular weight is 241 g/mol. The molecule has 0 unspecified atom stereocenters. The molecular weight excluding hydrogens is 230 g/mol. The molecule has 0 aliphatic rings. The Morgan fingerprint density at radius 2 is 1.24 bits per heavy atom. The summed E-state index contributed by atoms with van der Waals surface area (Å²) in [5, 5.41) is 30.8. The Balaban J connectivity index is -0.000000177. The van der Waals surface area contributed by atoms with Gasteiger partial charge in [-0.15, -0.1) is 0 Å². The number of aliphatic carboxylic acids is 3. The first-order valence-corrected chi connectivity index (χ1v) is 3.75. The van der Waals surface area contributed by atoms with Crippen molar-refractivity contribution >= 4 is 17.9 Å². The van der Waals surface area contributed by atoms with E-state index in [1.165, 1.54) is 6.07 Å². The number of carbonyl (C=O) groups is 3. The molecule has 0 heterocycles. The number of nitriles is 1. The van der Waals surface area contributed by atoms with Crippen molar-refractivity contribution in [2.75, 3.05) is 0 Å². The van der Waals surface area contributed by atoms with Crippen molar-refractivity contribution in [1.29, 1.82) is 5.26 Å². The van der Waals surface area contributed by atoms with Crippen LogP contribution in [-0.4, -0.2) is 33.2 Å². The maximum Gasteiger partial charge on any atom is 0.345 e. The third kappa shape index (κ3) is 32.0. The van der Waals surface area contributed by atoms with Gasteiger partial charge in [-0.3, -0.25) is 0 Å². The van der Waals surface area contributed by atoms with Crippen LogP contribution in [0.1, 0.15) is 0 Å². The van der Waals surface area contributed by atoms with Gasteiger partial charge in [-0.05, 0) is 0 Å². The first-order valence-electron chi connectivity index (χ1n) is 3.75. The van der Waals surface area contributed by atoms with Gasteiger partial charge in [0, 0.05) is 12.2 Å². The molecule has 0 saturated heterocycles. The van der Waals surface area contributed by atoms with Crippen LogP contribution in [0.25, 0.3) is 0 Å². The summed E-state index contributed by atoms with van der Waals surface area (Å²) in [6, 6.07) is 1.37. The summed E-state index contributed by atoms with van der Waals surface area (Å²) in [6.07, 6.45) is 1.67. The number of hydrogen-bond acceptors (Lipinski definition) is 4. The summed E-state index contributed by atoms with van der Waals surface area (Å²) < 4.78 is 0. The van der Waals surface area contributed by atoms with Crippen LogP contribution in [0.4, 0.5) is 0 Å². The van der Waals surface area contributed by atoms with Crippen molar-refractivity contribution in [3.8, 4) is 6.07 Å². The van der Waals surface area contributed by atoms with Crippen LogP contribution >= 0.6 is 0 Å². The Kier molecular flexibility index (Phi) is 15.2. The lowest BCUT2D eigenvalue weighted by Gasteiger charge is -1.76. The van der Waals surface area contributed by atoms with Gasteiger partial charge in [0.1, 0.15) is 11.6 Å². The molecule has 92 valence electrons. The molecule has 0 aliphatic carbocycles. The van der Waals surface area contributed by atoms with Gasteiger partial charge < -0.3 is 15.3 Å². The van der Waals surface area contributed by atoms with Gasteiger partial charge >= 0.3 is 17.9 Å². The molecule has 0 fully saturated rings. The van der Waals surface area contributed by atoms with Crippen molar-refractivity contribution in [2.45, 2.75) is 0 Å². The predicted molar refractivity (Wildman–Crippen MR) is 58.1 cm³/mol. The maximum atomic E-state index is 9.61. The SMILES string of the molecule is C=C(C#N)C(=O)O.C=CC(=O)O.C=CC(=O)O. The smallest absolute Gasteiger partial charge is 0.345 e. The topological polar surface area (TPSA) is 136 Å². The summed E-state index contributed by atoms with van der Waals surface area (Å²) in [6.45, 7) is 8.83. The van der Waals surface area contributed by atoms with E-state index in [-0.39, 0.29) is 0 Å². The number of rotatable bonds is 3. The molecule has 0 aliphatic heterocycles. The minimum atomic E-state index is -1.26. The standard InChI is InChI=1S/C4H3NO2.2C3H4O2/c1-3(2-5)4(6)7;2*1-2-3(4)5/h1H2,(H,6,7);2*2H,1H2,(H,4,5). The number of hydrogen-bond donors (Lipinski definition) is 3. The van der Waals surface area contributed by atoms with Crippen LogP contribution in [0, 0.1) is 11.3 Å². The first kappa shape index (κ1) is 19.7. The third-order valence-corrected chi connectivity index (χ3v) is 0.742. The molecule has 7 heteroatoms. The highest BCUT2D eigenvalue weighted by Gasteiger charge is 1.97.